The fourth-order valence-corrected chi connectivity index (χ4v) is 4.45. The summed E-state index contributed by atoms with van der Waals surface area (Å²) >= 11 is 0. The number of sulfone groups is 1. The van der Waals surface area contributed by atoms with Gasteiger partial charge in [-0.25, -0.2) is 8.42 Å². The van der Waals surface area contributed by atoms with Crippen LogP contribution < -0.4 is 5.32 Å². The van der Waals surface area contributed by atoms with Crippen LogP contribution in [-0.4, -0.2) is 33.0 Å². The van der Waals surface area contributed by atoms with Crippen LogP contribution in [0.4, 0.5) is 0 Å². The molecule has 0 bridgehead atoms. The largest absolute Gasteiger partial charge is 0.316 e. The summed E-state index contributed by atoms with van der Waals surface area (Å²) in [6.07, 6.45) is 3.02. The molecule has 96 valence electrons. The second-order valence-electron chi connectivity index (χ2n) is 5.28. The molecule has 0 aromatic rings. The topological polar surface area (TPSA) is 46.2 Å². The quantitative estimate of drug-likeness (QED) is 0.729. The number of hydrogen-bond donors (Lipinski definition) is 1. The van der Waals surface area contributed by atoms with Gasteiger partial charge in [0.2, 0.25) is 0 Å². The normalized spacial score (nSPS) is 27.8. The van der Waals surface area contributed by atoms with Crippen molar-refractivity contribution in [3.05, 3.63) is 0 Å². The second-order valence-corrected chi connectivity index (χ2v) is 7.51. The Morgan fingerprint density at radius 3 is 2.50 bits per heavy atom. The SMILES string of the molecule is CCCNCC(C)(CC)C1CCS(=O)(=O)C1. The molecule has 0 aromatic heterocycles. The van der Waals surface area contributed by atoms with Gasteiger partial charge in [-0.3, -0.25) is 0 Å². The molecule has 1 aliphatic rings. The molecule has 1 N–H and O–H groups in total. The van der Waals surface area contributed by atoms with E-state index in [-0.39, 0.29) is 5.41 Å². The Bertz CT molecular complexity index is 313. The minimum atomic E-state index is -2.75. The maximum atomic E-state index is 11.5. The molecule has 2 unspecified atom stereocenters. The summed E-state index contributed by atoms with van der Waals surface area (Å²) in [6, 6.07) is 0. The summed E-state index contributed by atoms with van der Waals surface area (Å²) in [6.45, 7) is 8.50. The number of rotatable bonds is 6. The minimum Gasteiger partial charge on any atom is -0.316 e. The summed E-state index contributed by atoms with van der Waals surface area (Å²) in [5.74, 6) is 1.12. The summed E-state index contributed by atoms with van der Waals surface area (Å²) in [7, 11) is -2.75. The molecule has 1 aliphatic heterocycles. The van der Waals surface area contributed by atoms with Crippen LogP contribution >= 0.6 is 0 Å². The predicted octanol–water partition coefficient (Wildman–Crippen LogP) is 1.84. The van der Waals surface area contributed by atoms with Crippen molar-refractivity contribution in [2.24, 2.45) is 11.3 Å². The monoisotopic (exact) mass is 247 g/mol. The number of hydrogen-bond acceptors (Lipinski definition) is 3. The highest BCUT2D eigenvalue weighted by Crippen LogP contribution is 2.37. The van der Waals surface area contributed by atoms with E-state index in [0.717, 1.165) is 32.4 Å². The van der Waals surface area contributed by atoms with Crippen molar-refractivity contribution >= 4 is 9.84 Å². The molecular weight excluding hydrogens is 222 g/mol. The third-order valence-electron chi connectivity index (χ3n) is 3.98. The van der Waals surface area contributed by atoms with Gasteiger partial charge in [-0.1, -0.05) is 20.8 Å². The van der Waals surface area contributed by atoms with E-state index >= 15 is 0 Å². The zero-order valence-corrected chi connectivity index (χ0v) is 11.6. The van der Waals surface area contributed by atoms with E-state index in [9.17, 15) is 8.42 Å². The molecule has 16 heavy (non-hydrogen) atoms. The molecule has 0 saturated carbocycles. The number of nitrogens with one attached hydrogen (secondary N) is 1. The average molecular weight is 247 g/mol. The van der Waals surface area contributed by atoms with E-state index in [1.54, 1.807) is 0 Å². The first-order valence-corrected chi connectivity index (χ1v) is 8.17. The van der Waals surface area contributed by atoms with Crippen molar-refractivity contribution in [3.63, 3.8) is 0 Å². The standard InChI is InChI=1S/C12H25NO2S/c1-4-7-13-10-12(3,5-2)11-6-8-16(14,15)9-11/h11,13H,4-10H2,1-3H3. The van der Waals surface area contributed by atoms with Crippen LogP contribution in [-0.2, 0) is 9.84 Å². The van der Waals surface area contributed by atoms with Crippen LogP contribution in [0.3, 0.4) is 0 Å². The van der Waals surface area contributed by atoms with Crippen LogP contribution in [0, 0.1) is 11.3 Å². The first kappa shape index (κ1) is 14.0. The van der Waals surface area contributed by atoms with E-state index < -0.39 is 9.84 Å². The second kappa shape index (κ2) is 5.50. The van der Waals surface area contributed by atoms with Gasteiger partial charge in [0.1, 0.15) is 0 Å². The fraction of sp³-hybridized carbons (Fsp3) is 1.00. The maximum Gasteiger partial charge on any atom is 0.150 e. The molecule has 3 nitrogen and oxygen atoms in total. The lowest BCUT2D eigenvalue weighted by Gasteiger charge is -2.34. The molecule has 2 atom stereocenters. The Morgan fingerprint density at radius 2 is 2.06 bits per heavy atom. The first-order valence-electron chi connectivity index (χ1n) is 6.34. The van der Waals surface area contributed by atoms with Crippen molar-refractivity contribution < 1.29 is 8.42 Å². The van der Waals surface area contributed by atoms with E-state index in [0.29, 0.717) is 17.4 Å². The van der Waals surface area contributed by atoms with Crippen LogP contribution in [0.1, 0.15) is 40.0 Å². The van der Waals surface area contributed by atoms with Crippen molar-refractivity contribution in [1.82, 2.24) is 5.32 Å². The molecule has 1 heterocycles. The molecule has 0 amide bonds. The van der Waals surface area contributed by atoms with Gasteiger partial charge in [-0.05, 0) is 37.1 Å². The van der Waals surface area contributed by atoms with E-state index in [1.807, 2.05) is 0 Å². The van der Waals surface area contributed by atoms with Crippen molar-refractivity contribution in [2.45, 2.75) is 40.0 Å². The van der Waals surface area contributed by atoms with Crippen LogP contribution in [0.2, 0.25) is 0 Å². The molecule has 0 radical (unpaired) electrons. The highest BCUT2D eigenvalue weighted by atomic mass is 32.2. The zero-order valence-electron chi connectivity index (χ0n) is 10.8. The van der Waals surface area contributed by atoms with E-state index in [2.05, 4.69) is 26.1 Å². The third-order valence-corrected chi connectivity index (χ3v) is 5.75. The lowest BCUT2D eigenvalue weighted by Crippen LogP contribution is -2.38. The summed E-state index contributed by atoms with van der Waals surface area (Å²) < 4.78 is 23.0. The molecule has 1 saturated heterocycles. The van der Waals surface area contributed by atoms with Crippen LogP contribution in [0.15, 0.2) is 0 Å². The third kappa shape index (κ3) is 3.45. The van der Waals surface area contributed by atoms with E-state index in [4.69, 9.17) is 0 Å². The lowest BCUT2D eigenvalue weighted by atomic mass is 9.74. The molecular formula is C12H25NO2S. The first-order chi connectivity index (χ1) is 7.43. The predicted molar refractivity (Wildman–Crippen MR) is 68.3 cm³/mol. The van der Waals surface area contributed by atoms with Gasteiger partial charge < -0.3 is 5.32 Å². The van der Waals surface area contributed by atoms with Crippen LogP contribution in [0.5, 0.6) is 0 Å². The van der Waals surface area contributed by atoms with Gasteiger partial charge >= 0.3 is 0 Å². The lowest BCUT2D eigenvalue weighted by molar-refractivity contribution is 0.190. The van der Waals surface area contributed by atoms with Gasteiger partial charge in [-0.15, -0.1) is 0 Å². The van der Waals surface area contributed by atoms with Crippen molar-refractivity contribution in [3.8, 4) is 0 Å². The van der Waals surface area contributed by atoms with Gasteiger partial charge in [0.15, 0.2) is 9.84 Å². The molecule has 0 spiro atoms. The smallest absolute Gasteiger partial charge is 0.150 e. The highest BCUT2D eigenvalue weighted by molar-refractivity contribution is 7.91. The highest BCUT2D eigenvalue weighted by Gasteiger charge is 2.39. The van der Waals surface area contributed by atoms with Gasteiger partial charge in [0, 0.05) is 6.54 Å². The Hall–Kier alpha value is -0.0900. The Morgan fingerprint density at radius 1 is 1.38 bits per heavy atom. The Balaban J connectivity index is 2.59. The molecule has 0 aliphatic carbocycles. The van der Waals surface area contributed by atoms with Gasteiger partial charge in [-0.2, -0.15) is 0 Å². The molecule has 1 fully saturated rings. The van der Waals surface area contributed by atoms with Gasteiger partial charge in [0.05, 0.1) is 11.5 Å². The molecule has 0 aromatic carbocycles. The summed E-state index contributed by atoms with van der Waals surface area (Å²) in [5, 5.41) is 3.44. The fourth-order valence-electron chi connectivity index (χ4n) is 2.45. The average Bonchev–Trinajstić information content (AvgIpc) is 2.59. The van der Waals surface area contributed by atoms with Crippen LogP contribution in [0.25, 0.3) is 0 Å². The minimum absolute atomic E-state index is 0.138. The molecule has 4 heteroatoms. The van der Waals surface area contributed by atoms with E-state index in [1.165, 1.54) is 0 Å². The zero-order chi connectivity index (χ0) is 12.2. The Kier molecular flexibility index (Phi) is 4.80. The molecule has 1 rings (SSSR count). The summed E-state index contributed by atoms with van der Waals surface area (Å²) in [5.41, 5.74) is 0.138. The summed E-state index contributed by atoms with van der Waals surface area (Å²) in [4.78, 5) is 0. The maximum absolute atomic E-state index is 11.5. The van der Waals surface area contributed by atoms with Gasteiger partial charge in [0.25, 0.3) is 0 Å². The van der Waals surface area contributed by atoms with Crippen molar-refractivity contribution in [1.29, 1.82) is 0 Å². The van der Waals surface area contributed by atoms with Crippen molar-refractivity contribution in [2.75, 3.05) is 24.6 Å². The Labute approximate surface area is 99.9 Å².